The smallest absolute Gasteiger partial charge is 0.270 e. The normalized spacial score (nSPS) is 10.5. The highest BCUT2D eigenvalue weighted by molar-refractivity contribution is 6.31. The molecule has 0 aromatic heterocycles. The van der Waals surface area contributed by atoms with Crippen molar-refractivity contribution in [3.63, 3.8) is 0 Å². The van der Waals surface area contributed by atoms with Crippen molar-refractivity contribution in [3.05, 3.63) is 68.5 Å². The van der Waals surface area contributed by atoms with Gasteiger partial charge in [-0.3, -0.25) is 10.1 Å². The molecular formula is C13H8ClF3N2O2. The quantitative estimate of drug-likeness (QED) is 0.520. The largest absolute Gasteiger partial charge is 0.381 e. The van der Waals surface area contributed by atoms with Crippen LogP contribution in [0.5, 0.6) is 0 Å². The van der Waals surface area contributed by atoms with Gasteiger partial charge in [0.25, 0.3) is 5.69 Å². The summed E-state index contributed by atoms with van der Waals surface area (Å²) in [4.78, 5) is 9.97. The molecule has 2 rings (SSSR count). The van der Waals surface area contributed by atoms with Crippen LogP contribution in [-0.2, 0) is 6.54 Å². The molecule has 21 heavy (non-hydrogen) atoms. The number of benzene rings is 2. The second-order valence-electron chi connectivity index (χ2n) is 4.14. The highest BCUT2D eigenvalue weighted by Gasteiger charge is 2.12. The molecule has 0 saturated heterocycles. The van der Waals surface area contributed by atoms with Crippen LogP contribution in [0, 0.1) is 27.6 Å². The Labute approximate surface area is 122 Å². The number of nitrogens with zero attached hydrogens (tertiary/aromatic N) is 1. The lowest BCUT2D eigenvalue weighted by molar-refractivity contribution is -0.384. The Morgan fingerprint density at radius 2 is 1.76 bits per heavy atom. The molecule has 0 radical (unpaired) electrons. The Morgan fingerprint density at radius 3 is 2.29 bits per heavy atom. The standard InChI is InChI=1S/C13H8ClF3N2O2/c14-10-5-9(19(20)21)2-1-7(10)6-18-8-3-11(15)13(17)12(16)4-8/h1-5,18H,6H2. The number of rotatable bonds is 4. The lowest BCUT2D eigenvalue weighted by Crippen LogP contribution is -2.03. The van der Waals surface area contributed by atoms with E-state index in [2.05, 4.69) is 5.32 Å². The Hall–Kier alpha value is -2.28. The van der Waals surface area contributed by atoms with Crippen LogP contribution < -0.4 is 5.32 Å². The molecule has 8 heteroatoms. The molecule has 0 spiro atoms. The summed E-state index contributed by atoms with van der Waals surface area (Å²) in [7, 11) is 0. The summed E-state index contributed by atoms with van der Waals surface area (Å²) in [5.41, 5.74) is 0.357. The third kappa shape index (κ3) is 3.43. The molecule has 0 unspecified atom stereocenters. The minimum atomic E-state index is -1.55. The van der Waals surface area contributed by atoms with E-state index in [1.807, 2.05) is 0 Å². The van der Waals surface area contributed by atoms with Gasteiger partial charge in [0.05, 0.1) is 9.95 Å². The first-order valence-corrected chi connectivity index (χ1v) is 6.07. The van der Waals surface area contributed by atoms with Gasteiger partial charge >= 0.3 is 0 Å². The molecule has 0 aliphatic heterocycles. The molecule has 1 N–H and O–H groups in total. The van der Waals surface area contributed by atoms with Crippen molar-refractivity contribution in [2.24, 2.45) is 0 Å². The van der Waals surface area contributed by atoms with Crippen LogP contribution in [0.3, 0.4) is 0 Å². The number of nitro groups is 1. The minimum Gasteiger partial charge on any atom is -0.381 e. The molecule has 0 saturated carbocycles. The van der Waals surface area contributed by atoms with E-state index in [1.54, 1.807) is 0 Å². The van der Waals surface area contributed by atoms with E-state index >= 15 is 0 Å². The third-order valence-electron chi connectivity index (χ3n) is 2.71. The van der Waals surface area contributed by atoms with E-state index in [-0.39, 0.29) is 22.9 Å². The summed E-state index contributed by atoms with van der Waals surface area (Å²) in [5, 5.41) is 13.4. The van der Waals surface area contributed by atoms with E-state index in [0.29, 0.717) is 5.56 Å². The highest BCUT2D eigenvalue weighted by atomic mass is 35.5. The first-order chi connectivity index (χ1) is 9.88. The summed E-state index contributed by atoms with van der Waals surface area (Å²) in [6.07, 6.45) is 0. The third-order valence-corrected chi connectivity index (χ3v) is 3.07. The average molecular weight is 317 g/mol. The van der Waals surface area contributed by atoms with Crippen molar-refractivity contribution in [1.82, 2.24) is 0 Å². The molecule has 2 aromatic carbocycles. The van der Waals surface area contributed by atoms with Gasteiger partial charge < -0.3 is 5.32 Å². The SMILES string of the molecule is O=[N+]([O-])c1ccc(CNc2cc(F)c(F)c(F)c2)c(Cl)c1. The molecule has 2 aromatic rings. The highest BCUT2D eigenvalue weighted by Crippen LogP contribution is 2.24. The summed E-state index contributed by atoms with van der Waals surface area (Å²) < 4.78 is 38.9. The lowest BCUT2D eigenvalue weighted by atomic mass is 10.2. The van der Waals surface area contributed by atoms with Crippen LogP contribution in [0.2, 0.25) is 5.02 Å². The average Bonchev–Trinajstić information content (AvgIpc) is 2.43. The molecule has 0 aliphatic carbocycles. The molecule has 0 aliphatic rings. The van der Waals surface area contributed by atoms with Crippen molar-refractivity contribution in [3.8, 4) is 0 Å². The van der Waals surface area contributed by atoms with Gasteiger partial charge in [-0.05, 0) is 11.6 Å². The Kier molecular flexibility index (Phi) is 4.32. The van der Waals surface area contributed by atoms with Gasteiger partial charge in [-0.15, -0.1) is 0 Å². The molecule has 4 nitrogen and oxygen atoms in total. The van der Waals surface area contributed by atoms with Gasteiger partial charge in [-0.1, -0.05) is 11.6 Å². The molecule has 0 amide bonds. The topological polar surface area (TPSA) is 55.2 Å². The van der Waals surface area contributed by atoms with Crippen LogP contribution in [0.25, 0.3) is 0 Å². The van der Waals surface area contributed by atoms with E-state index < -0.39 is 22.4 Å². The number of hydrogen-bond acceptors (Lipinski definition) is 3. The van der Waals surface area contributed by atoms with Crippen LogP contribution >= 0.6 is 11.6 Å². The number of halogens is 4. The van der Waals surface area contributed by atoms with Gasteiger partial charge in [0.15, 0.2) is 17.5 Å². The first-order valence-electron chi connectivity index (χ1n) is 5.69. The maximum atomic E-state index is 13.0. The Balaban J connectivity index is 2.15. The monoisotopic (exact) mass is 316 g/mol. The predicted octanol–water partition coefficient (Wildman–Crippen LogP) is 4.28. The van der Waals surface area contributed by atoms with Gasteiger partial charge in [-0.2, -0.15) is 0 Å². The van der Waals surface area contributed by atoms with Crippen molar-refractivity contribution < 1.29 is 18.1 Å². The second kappa shape index (κ2) is 6.01. The maximum absolute atomic E-state index is 13.0. The first kappa shape index (κ1) is 15.1. The fourth-order valence-corrected chi connectivity index (χ4v) is 1.89. The van der Waals surface area contributed by atoms with Crippen LogP contribution in [0.15, 0.2) is 30.3 Å². The number of non-ortho nitro benzene ring substituents is 1. The van der Waals surface area contributed by atoms with Gasteiger partial charge in [-0.25, -0.2) is 13.2 Å². The van der Waals surface area contributed by atoms with Crippen LogP contribution in [0.1, 0.15) is 5.56 Å². The summed E-state index contributed by atoms with van der Waals surface area (Å²) in [5.74, 6) is -4.17. The van der Waals surface area contributed by atoms with E-state index in [9.17, 15) is 23.3 Å². The van der Waals surface area contributed by atoms with Gasteiger partial charge in [0.1, 0.15) is 0 Å². The summed E-state index contributed by atoms with van der Waals surface area (Å²) >= 11 is 5.87. The molecule has 110 valence electrons. The second-order valence-corrected chi connectivity index (χ2v) is 4.55. The molecule has 0 bridgehead atoms. The van der Waals surface area contributed by atoms with Crippen molar-refractivity contribution >= 4 is 23.0 Å². The fraction of sp³-hybridized carbons (Fsp3) is 0.0769. The zero-order chi connectivity index (χ0) is 15.6. The molecule has 0 fully saturated rings. The molecule has 0 heterocycles. The minimum absolute atomic E-state index is 0.0285. The predicted molar refractivity (Wildman–Crippen MR) is 71.7 cm³/mol. The van der Waals surface area contributed by atoms with E-state index in [4.69, 9.17) is 11.6 Å². The fourth-order valence-electron chi connectivity index (χ4n) is 1.65. The van der Waals surface area contributed by atoms with Gasteiger partial charge in [0.2, 0.25) is 0 Å². The van der Waals surface area contributed by atoms with Crippen molar-refractivity contribution in [1.29, 1.82) is 0 Å². The van der Waals surface area contributed by atoms with Crippen molar-refractivity contribution in [2.75, 3.05) is 5.32 Å². The summed E-state index contributed by atoms with van der Waals surface area (Å²) in [6, 6.07) is 5.46. The van der Waals surface area contributed by atoms with E-state index in [0.717, 1.165) is 12.1 Å². The Morgan fingerprint density at radius 1 is 1.14 bits per heavy atom. The Bertz CT molecular complexity index is 687. The molecular weight excluding hydrogens is 309 g/mol. The maximum Gasteiger partial charge on any atom is 0.270 e. The van der Waals surface area contributed by atoms with E-state index in [1.165, 1.54) is 18.2 Å². The number of hydrogen-bond donors (Lipinski definition) is 1. The van der Waals surface area contributed by atoms with Crippen LogP contribution in [0.4, 0.5) is 24.5 Å². The van der Waals surface area contributed by atoms with Gasteiger partial charge in [0, 0.05) is 36.5 Å². The zero-order valence-electron chi connectivity index (χ0n) is 10.4. The molecule has 0 atom stereocenters. The summed E-state index contributed by atoms with van der Waals surface area (Å²) in [6.45, 7) is 0.0708. The van der Waals surface area contributed by atoms with Crippen molar-refractivity contribution in [2.45, 2.75) is 6.54 Å². The number of anilines is 1. The zero-order valence-corrected chi connectivity index (χ0v) is 11.1. The lowest BCUT2D eigenvalue weighted by Gasteiger charge is -2.09. The number of nitro benzene ring substituents is 1. The number of nitrogens with one attached hydrogen (secondary N) is 1. The van der Waals surface area contributed by atoms with Crippen LogP contribution in [-0.4, -0.2) is 4.92 Å².